The van der Waals surface area contributed by atoms with Gasteiger partial charge in [0.2, 0.25) is 17.5 Å². The molecule has 6 heterocycles. The van der Waals surface area contributed by atoms with Gasteiger partial charge in [0, 0.05) is 106 Å². The van der Waals surface area contributed by atoms with Gasteiger partial charge < -0.3 is 19.6 Å². The second kappa shape index (κ2) is 15.4. The van der Waals surface area contributed by atoms with Gasteiger partial charge in [-0.05, 0) is 92.0 Å². The van der Waals surface area contributed by atoms with Crippen molar-refractivity contribution in [2.45, 2.75) is 44.6 Å². The van der Waals surface area contributed by atoms with Crippen molar-refractivity contribution in [2.75, 3.05) is 86.7 Å². The smallest absolute Gasteiger partial charge is 0.262 e. The molecule has 3 aromatic carbocycles. The second-order valence-electron chi connectivity index (χ2n) is 16.8. The zero-order chi connectivity index (χ0) is 40.1. The standard InChI is InChI=1S/C44H47ClN8O5/c1-46-37-8-6-33(25-36(37)45)49-16-12-44(13-17-49)14-18-52(28-44)41(56)30-3-2-4-31(23-30)50-21-19-48(20-22-50)26-29-11-15-51(27-29)32-5-7-34-35(24-32)43(58)53(42(34)57)38-9-10-39(54)47-40(38)55/h2-8,23-25,29,38H,9-22,26-28H2,(H,47,54,55)/t29-,38?/m1/s1. The summed E-state index contributed by atoms with van der Waals surface area (Å²) in [5.41, 5.74) is 5.00. The summed E-state index contributed by atoms with van der Waals surface area (Å²) in [7, 11) is 0. The maximum atomic E-state index is 13.8. The third-order valence-corrected chi connectivity index (χ3v) is 13.7. The molecular formula is C44H47ClN8O5. The van der Waals surface area contributed by atoms with Gasteiger partial charge >= 0.3 is 0 Å². The van der Waals surface area contributed by atoms with Crippen LogP contribution < -0.4 is 20.0 Å². The highest BCUT2D eigenvalue weighted by molar-refractivity contribution is 6.33. The van der Waals surface area contributed by atoms with Crippen LogP contribution in [0, 0.1) is 17.9 Å². The number of anilines is 3. The third kappa shape index (κ3) is 7.17. The first-order valence-electron chi connectivity index (χ1n) is 20.5. The Hall–Kier alpha value is -5.45. The predicted molar refractivity (Wildman–Crippen MR) is 221 cm³/mol. The van der Waals surface area contributed by atoms with Gasteiger partial charge in [-0.3, -0.25) is 39.1 Å². The maximum absolute atomic E-state index is 13.8. The first kappa shape index (κ1) is 38.1. The van der Waals surface area contributed by atoms with E-state index < -0.39 is 29.7 Å². The number of hydrogen-bond donors (Lipinski definition) is 1. The Morgan fingerprint density at radius 1 is 0.776 bits per heavy atom. The summed E-state index contributed by atoms with van der Waals surface area (Å²) in [4.78, 5) is 80.6. The Labute approximate surface area is 343 Å². The normalized spacial score (nSPS) is 23.5. The van der Waals surface area contributed by atoms with E-state index in [-0.39, 0.29) is 24.2 Å². The monoisotopic (exact) mass is 802 g/mol. The van der Waals surface area contributed by atoms with Gasteiger partial charge in [0.1, 0.15) is 6.04 Å². The average molecular weight is 803 g/mol. The first-order chi connectivity index (χ1) is 28.1. The van der Waals surface area contributed by atoms with E-state index in [2.05, 4.69) is 46.8 Å². The van der Waals surface area contributed by atoms with Crippen LogP contribution in [-0.4, -0.2) is 122 Å². The van der Waals surface area contributed by atoms with E-state index in [4.69, 9.17) is 18.2 Å². The Bertz CT molecular complexity index is 2220. The summed E-state index contributed by atoms with van der Waals surface area (Å²) in [6, 6.07) is 18.2. The van der Waals surface area contributed by atoms with Crippen LogP contribution in [0.4, 0.5) is 22.7 Å². The summed E-state index contributed by atoms with van der Waals surface area (Å²) in [6.45, 7) is 17.0. The number of imide groups is 2. The number of halogens is 1. The number of fused-ring (bicyclic) bond motifs is 1. The van der Waals surface area contributed by atoms with Gasteiger partial charge in [-0.1, -0.05) is 23.7 Å². The number of rotatable bonds is 7. The Morgan fingerprint density at radius 2 is 1.48 bits per heavy atom. The van der Waals surface area contributed by atoms with E-state index in [1.54, 1.807) is 18.2 Å². The number of amides is 5. The quantitative estimate of drug-likeness (QED) is 0.258. The highest BCUT2D eigenvalue weighted by Gasteiger charge is 2.45. The van der Waals surface area contributed by atoms with Crippen LogP contribution >= 0.6 is 11.6 Å². The summed E-state index contributed by atoms with van der Waals surface area (Å²) in [6.07, 6.45) is 4.32. The summed E-state index contributed by atoms with van der Waals surface area (Å²) < 4.78 is 0. The molecule has 300 valence electrons. The number of hydrogen-bond acceptors (Lipinski definition) is 9. The highest BCUT2D eigenvalue weighted by Crippen LogP contribution is 2.43. The molecule has 13 nitrogen and oxygen atoms in total. The number of carbonyl (C=O) groups excluding carboxylic acids is 5. The lowest BCUT2D eigenvalue weighted by molar-refractivity contribution is -0.136. The third-order valence-electron chi connectivity index (χ3n) is 13.4. The van der Waals surface area contributed by atoms with Crippen molar-refractivity contribution in [3.63, 3.8) is 0 Å². The van der Waals surface area contributed by atoms with Crippen molar-refractivity contribution >= 4 is 63.9 Å². The van der Waals surface area contributed by atoms with Crippen LogP contribution in [-0.2, 0) is 9.59 Å². The molecule has 1 spiro atoms. The molecule has 5 amide bonds. The molecule has 0 radical (unpaired) electrons. The van der Waals surface area contributed by atoms with Crippen LogP contribution in [0.3, 0.4) is 0 Å². The fraction of sp³-hybridized carbons (Fsp3) is 0.455. The lowest BCUT2D eigenvalue weighted by Gasteiger charge is -2.40. The second-order valence-corrected chi connectivity index (χ2v) is 17.2. The van der Waals surface area contributed by atoms with Crippen molar-refractivity contribution < 1.29 is 24.0 Å². The largest absolute Gasteiger partial charge is 0.372 e. The predicted octanol–water partition coefficient (Wildman–Crippen LogP) is 5.07. The lowest BCUT2D eigenvalue weighted by atomic mass is 9.77. The van der Waals surface area contributed by atoms with E-state index >= 15 is 0 Å². The van der Waals surface area contributed by atoms with E-state index in [1.165, 1.54) is 0 Å². The van der Waals surface area contributed by atoms with E-state index in [0.29, 0.717) is 27.8 Å². The number of nitrogens with one attached hydrogen (secondary N) is 1. The Balaban J connectivity index is 0.750. The van der Waals surface area contributed by atoms with Gasteiger partial charge in [-0.25, -0.2) is 4.85 Å². The summed E-state index contributed by atoms with van der Waals surface area (Å²) in [5.74, 6) is -1.39. The first-order valence-corrected chi connectivity index (χ1v) is 20.8. The molecule has 3 aromatic rings. The minimum atomic E-state index is -0.973. The average Bonchev–Trinajstić information content (AvgIpc) is 3.95. The van der Waals surface area contributed by atoms with Gasteiger partial charge in [0.25, 0.3) is 17.7 Å². The number of benzene rings is 3. The fourth-order valence-electron chi connectivity index (χ4n) is 9.98. The van der Waals surface area contributed by atoms with Crippen molar-refractivity contribution in [3.8, 4) is 0 Å². The number of piperidine rings is 2. The van der Waals surface area contributed by atoms with Crippen molar-refractivity contribution in [1.82, 2.24) is 20.0 Å². The molecule has 9 rings (SSSR count). The Morgan fingerprint density at radius 3 is 2.24 bits per heavy atom. The van der Waals surface area contributed by atoms with E-state index in [1.807, 2.05) is 30.3 Å². The molecule has 0 saturated carbocycles. The number of carbonyl (C=O) groups is 5. The molecule has 2 atom stereocenters. The molecular weight excluding hydrogens is 756 g/mol. The Kier molecular flexibility index (Phi) is 10.1. The molecule has 0 aromatic heterocycles. The number of likely N-dealkylation sites (tertiary alicyclic amines) is 1. The van der Waals surface area contributed by atoms with Gasteiger partial charge in [-0.15, -0.1) is 0 Å². The number of piperazine rings is 1. The maximum Gasteiger partial charge on any atom is 0.262 e. The van der Waals surface area contributed by atoms with Gasteiger partial charge in [-0.2, -0.15) is 0 Å². The minimum absolute atomic E-state index is 0.0929. The van der Waals surface area contributed by atoms with Crippen molar-refractivity contribution in [2.24, 2.45) is 11.3 Å². The van der Waals surface area contributed by atoms with Crippen LogP contribution in [0.5, 0.6) is 0 Å². The minimum Gasteiger partial charge on any atom is -0.372 e. The molecule has 6 aliphatic rings. The molecule has 0 bridgehead atoms. The zero-order valence-corrected chi connectivity index (χ0v) is 33.3. The zero-order valence-electron chi connectivity index (χ0n) is 32.5. The molecule has 5 saturated heterocycles. The summed E-state index contributed by atoms with van der Waals surface area (Å²) >= 11 is 6.32. The van der Waals surface area contributed by atoms with Crippen molar-refractivity contribution in [3.05, 3.63) is 93.8 Å². The molecule has 1 N–H and O–H groups in total. The molecule has 1 unspecified atom stereocenters. The van der Waals surface area contributed by atoms with Crippen LogP contribution in [0.1, 0.15) is 69.6 Å². The van der Waals surface area contributed by atoms with Crippen LogP contribution in [0.15, 0.2) is 60.7 Å². The van der Waals surface area contributed by atoms with Gasteiger partial charge in [0.05, 0.1) is 17.7 Å². The molecule has 6 aliphatic heterocycles. The van der Waals surface area contributed by atoms with Crippen LogP contribution in [0.2, 0.25) is 5.02 Å². The van der Waals surface area contributed by atoms with Gasteiger partial charge in [0.15, 0.2) is 0 Å². The van der Waals surface area contributed by atoms with E-state index in [0.717, 1.165) is 125 Å². The highest BCUT2D eigenvalue weighted by atomic mass is 35.5. The summed E-state index contributed by atoms with van der Waals surface area (Å²) in [5, 5.41) is 2.74. The topological polar surface area (TPSA) is 121 Å². The van der Waals surface area contributed by atoms with Crippen molar-refractivity contribution in [1.29, 1.82) is 0 Å². The molecule has 58 heavy (non-hydrogen) atoms. The van der Waals surface area contributed by atoms with E-state index in [9.17, 15) is 24.0 Å². The lowest BCUT2D eigenvalue weighted by Crippen LogP contribution is -2.54. The SMILES string of the molecule is [C-]#[N+]c1ccc(N2CCC3(CCN(C(=O)c4cccc(N5CCN(C[C@H]6CCN(c7ccc8c(c7)C(=O)N(C7CCC(=O)NC7=O)C8=O)C6)CC5)c4)C3)CC2)cc1Cl. The molecule has 5 fully saturated rings. The van der Waals surface area contributed by atoms with Crippen LogP contribution in [0.25, 0.3) is 4.85 Å². The molecule has 0 aliphatic carbocycles. The fourth-order valence-corrected chi connectivity index (χ4v) is 10.2. The number of nitrogens with zero attached hydrogens (tertiary/aromatic N) is 7. The molecule has 14 heteroatoms.